The van der Waals surface area contributed by atoms with Gasteiger partial charge in [0, 0.05) is 6.15 Å². The molecule has 0 saturated carbocycles. The molecule has 0 aliphatic heterocycles. The molecule has 0 N–H and O–H groups in total. The van der Waals surface area contributed by atoms with Gasteiger partial charge in [-0.15, -0.1) is 0 Å². The maximum atomic E-state index is 2.30. The van der Waals surface area contributed by atoms with Crippen LogP contribution in [0, 0.1) is 0 Å². The highest BCUT2D eigenvalue weighted by Crippen LogP contribution is 2.32. The molecule has 0 fully saturated rings. The number of aryl methyl sites for hydroxylation is 4. The van der Waals surface area contributed by atoms with E-state index in [1.54, 1.807) is 0 Å². The highest BCUT2D eigenvalue weighted by Gasteiger charge is 2.24. The third kappa shape index (κ3) is 7.50. The average Bonchev–Trinajstić information content (AvgIpc) is 2.90. The van der Waals surface area contributed by atoms with Gasteiger partial charge in [-0.05, 0) is 0 Å². The second-order valence-electron chi connectivity index (χ2n) is 9.83. The molecule has 0 aliphatic rings. The standard InChI is InChI=1S/C32H36B/c1-5-13-29(14-6-1)21-25-33(26-22-30-15-7-2-8-16-30,27-23-31-17-9-3-10-18-31)28-24-32-19-11-4-12-20-32/h1-20H,21-28H2/q-1. The van der Waals surface area contributed by atoms with Crippen LogP contribution in [0.4, 0.5) is 0 Å². The Morgan fingerprint density at radius 3 is 0.727 bits per heavy atom. The van der Waals surface area contributed by atoms with Gasteiger partial charge >= 0.3 is 0 Å². The van der Waals surface area contributed by atoms with Gasteiger partial charge in [0.05, 0.1) is 0 Å². The van der Waals surface area contributed by atoms with E-state index in [1.165, 1.54) is 73.2 Å². The molecule has 0 spiro atoms. The van der Waals surface area contributed by atoms with Crippen LogP contribution >= 0.6 is 0 Å². The number of hydrogen-bond donors (Lipinski definition) is 0. The number of hydrogen-bond acceptors (Lipinski definition) is 0. The van der Waals surface area contributed by atoms with Gasteiger partial charge in [0.2, 0.25) is 0 Å². The summed E-state index contributed by atoms with van der Waals surface area (Å²) in [6.45, 7) is 0. The second kappa shape index (κ2) is 12.3. The molecule has 0 amide bonds. The van der Waals surface area contributed by atoms with E-state index < -0.39 is 6.15 Å². The van der Waals surface area contributed by atoms with Crippen LogP contribution in [0.1, 0.15) is 22.3 Å². The number of rotatable bonds is 12. The molecule has 0 atom stereocenters. The maximum absolute atomic E-state index is 2.30. The van der Waals surface area contributed by atoms with E-state index in [4.69, 9.17) is 0 Å². The van der Waals surface area contributed by atoms with Gasteiger partial charge < -0.3 is 0 Å². The summed E-state index contributed by atoms with van der Waals surface area (Å²) in [4.78, 5) is 0. The minimum atomic E-state index is -0.513. The van der Waals surface area contributed by atoms with Gasteiger partial charge in [0.1, 0.15) is 0 Å². The first kappa shape index (κ1) is 23.1. The average molecular weight is 431 g/mol. The molecule has 1 heteroatoms. The van der Waals surface area contributed by atoms with Crippen molar-refractivity contribution < 1.29 is 0 Å². The quantitative estimate of drug-likeness (QED) is 0.198. The Labute approximate surface area is 200 Å². The Hall–Kier alpha value is -3.06. The van der Waals surface area contributed by atoms with Crippen molar-refractivity contribution in [1.29, 1.82) is 0 Å². The molecule has 4 aromatic carbocycles. The summed E-state index contributed by atoms with van der Waals surface area (Å²) in [7, 11) is 0. The van der Waals surface area contributed by atoms with Crippen molar-refractivity contribution in [3.63, 3.8) is 0 Å². The van der Waals surface area contributed by atoms with E-state index in [9.17, 15) is 0 Å². The van der Waals surface area contributed by atoms with Gasteiger partial charge in [-0.3, -0.25) is 0 Å². The molecular weight excluding hydrogens is 395 g/mol. The molecule has 4 rings (SSSR count). The van der Waals surface area contributed by atoms with E-state index in [1.807, 2.05) is 0 Å². The zero-order valence-corrected chi connectivity index (χ0v) is 19.8. The zero-order valence-electron chi connectivity index (χ0n) is 19.8. The van der Waals surface area contributed by atoms with Crippen molar-refractivity contribution in [3.05, 3.63) is 144 Å². The van der Waals surface area contributed by atoms with Gasteiger partial charge in [-0.25, -0.2) is 0 Å². The molecule has 0 unspecified atom stereocenters. The van der Waals surface area contributed by atoms with Crippen LogP contribution in [0.3, 0.4) is 0 Å². The highest BCUT2D eigenvalue weighted by molar-refractivity contribution is 6.80. The van der Waals surface area contributed by atoms with E-state index in [-0.39, 0.29) is 0 Å². The molecule has 33 heavy (non-hydrogen) atoms. The summed E-state index contributed by atoms with van der Waals surface area (Å²) in [6.07, 6.45) is 9.41. The summed E-state index contributed by atoms with van der Waals surface area (Å²) in [5.41, 5.74) is 5.90. The first-order valence-electron chi connectivity index (χ1n) is 12.7. The molecule has 0 saturated heterocycles. The minimum absolute atomic E-state index is 0.513. The largest absolute Gasteiger partial charge is 0.174 e. The topological polar surface area (TPSA) is 0 Å². The summed E-state index contributed by atoms with van der Waals surface area (Å²) in [6, 6.07) is 44.4. The molecule has 0 aromatic heterocycles. The fourth-order valence-electron chi connectivity index (χ4n) is 5.34. The van der Waals surface area contributed by atoms with E-state index in [0.717, 1.165) is 0 Å². The fourth-order valence-corrected chi connectivity index (χ4v) is 5.34. The summed E-state index contributed by atoms with van der Waals surface area (Å²) in [5, 5.41) is 0. The van der Waals surface area contributed by atoms with Crippen molar-refractivity contribution in [3.8, 4) is 0 Å². The zero-order chi connectivity index (χ0) is 22.6. The summed E-state index contributed by atoms with van der Waals surface area (Å²) < 4.78 is 0. The van der Waals surface area contributed by atoms with E-state index >= 15 is 0 Å². The van der Waals surface area contributed by atoms with Gasteiger partial charge in [-0.2, -0.15) is 25.3 Å². The lowest BCUT2D eigenvalue weighted by molar-refractivity contribution is 0.920. The predicted octanol–water partition coefficient (Wildman–Crippen LogP) is 8.41. The molecular formula is C32H36B-. The third-order valence-corrected chi connectivity index (χ3v) is 7.55. The van der Waals surface area contributed by atoms with Gasteiger partial charge in [0.25, 0.3) is 0 Å². The van der Waals surface area contributed by atoms with Crippen LogP contribution in [0.2, 0.25) is 25.3 Å². The van der Waals surface area contributed by atoms with Gasteiger partial charge in [-0.1, -0.05) is 169 Å². The van der Waals surface area contributed by atoms with Crippen molar-refractivity contribution in [1.82, 2.24) is 0 Å². The smallest absolute Gasteiger partial charge is 0.00230 e. The first-order valence-corrected chi connectivity index (χ1v) is 12.7. The SMILES string of the molecule is c1ccc(CC[B-](CCc2ccccc2)(CCc2ccccc2)CCc2ccccc2)cc1. The van der Waals surface area contributed by atoms with E-state index in [0.29, 0.717) is 0 Å². The molecule has 0 nitrogen and oxygen atoms in total. The molecule has 0 aliphatic carbocycles. The Morgan fingerprint density at radius 1 is 0.303 bits per heavy atom. The van der Waals surface area contributed by atoms with Crippen LogP contribution in [0.15, 0.2) is 121 Å². The van der Waals surface area contributed by atoms with Crippen molar-refractivity contribution >= 4 is 6.15 Å². The maximum Gasteiger partial charge on any atom is 0.00230 e. The molecule has 4 aromatic rings. The first-order chi connectivity index (χ1) is 16.3. The summed E-state index contributed by atoms with van der Waals surface area (Å²) >= 11 is 0. The Bertz CT molecular complexity index is 863. The molecule has 0 bridgehead atoms. The van der Waals surface area contributed by atoms with Gasteiger partial charge in [0.15, 0.2) is 0 Å². The fraction of sp³-hybridized carbons (Fsp3) is 0.250. The van der Waals surface area contributed by atoms with Crippen LogP contribution < -0.4 is 0 Å². The predicted molar refractivity (Wildman–Crippen MR) is 146 cm³/mol. The highest BCUT2D eigenvalue weighted by atomic mass is 14.1. The van der Waals surface area contributed by atoms with Crippen LogP contribution in [0.25, 0.3) is 0 Å². The monoisotopic (exact) mass is 431 g/mol. The lowest BCUT2D eigenvalue weighted by Gasteiger charge is -2.40. The normalized spacial score (nSPS) is 11.4. The third-order valence-electron chi connectivity index (χ3n) is 7.55. The van der Waals surface area contributed by atoms with Crippen LogP contribution in [-0.4, -0.2) is 6.15 Å². The minimum Gasteiger partial charge on any atom is -0.174 e. The summed E-state index contributed by atoms with van der Waals surface area (Å²) in [5.74, 6) is 0. The Balaban J connectivity index is 1.56. The second-order valence-corrected chi connectivity index (χ2v) is 9.83. The molecule has 168 valence electrons. The lowest BCUT2D eigenvalue weighted by atomic mass is 9.17. The van der Waals surface area contributed by atoms with Crippen LogP contribution in [0.5, 0.6) is 0 Å². The van der Waals surface area contributed by atoms with Crippen molar-refractivity contribution in [2.75, 3.05) is 0 Å². The Kier molecular flexibility index (Phi) is 8.58. The lowest BCUT2D eigenvalue weighted by Crippen LogP contribution is -2.36. The number of benzene rings is 4. The van der Waals surface area contributed by atoms with Crippen molar-refractivity contribution in [2.45, 2.75) is 51.0 Å². The van der Waals surface area contributed by atoms with E-state index in [2.05, 4.69) is 121 Å². The molecule has 0 heterocycles. The van der Waals surface area contributed by atoms with Crippen LogP contribution in [-0.2, 0) is 25.7 Å². The van der Waals surface area contributed by atoms with Crippen molar-refractivity contribution in [2.24, 2.45) is 0 Å². The molecule has 0 radical (unpaired) electrons. The Morgan fingerprint density at radius 2 is 0.515 bits per heavy atom.